The molecule has 7 nitrogen and oxygen atoms in total. The average Bonchev–Trinajstić information content (AvgIpc) is 2.70. The summed E-state index contributed by atoms with van der Waals surface area (Å²) < 4.78 is 5.94. The van der Waals surface area contributed by atoms with Crippen molar-refractivity contribution in [1.29, 1.82) is 5.26 Å². The highest BCUT2D eigenvalue weighted by atomic mass is 16.5. The first-order valence-electron chi connectivity index (χ1n) is 9.69. The summed E-state index contributed by atoms with van der Waals surface area (Å²) in [5.74, 6) is -0.642. The predicted molar refractivity (Wildman–Crippen MR) is 110 cm³/mol. The van der Waals surface area contributed by atoms with Gasteiger partial charge in [0, 0.05) is 18.9 Å². The molecule has 156 valence electrons. The summed E-state index contributed by atoms with van der Waals surface area (Å²) >= 11 is 0. The molecule has 2 aromatic carbocycles. The van der Waals surface area contributed by atoms with Gasteiger partial charge < -0.3 is 20.5 Å². The molecule has 2 amide bonds. The molecule has 0 spiro atoms. The summed E-state index contributed by atoms with van der Waals surface area (Å²) in [5, 5.41) is 20.5. The van der Waals surface area contributed by atoms with Gasteiger partial charge in [0.25, 0.3) is 0 Å². The Hall–Kier alpha value is -3.37. The Balaban J connectivity index is 2.15. The Kier molecular flexibility index (Phi) is 5.81. The fraction of sp³-hybridized carbons (Fsp3) is 0.348. The van der Waals surface area contributed by atoms with Gasteiger partial charge in [-0.25, -0.2) is 0 Å². The molecule has 0 unspecified atom stereocenters. The lowest BCUT2D eigenvalue weighted by Crippen LogP contribution is -2.59. The molecular formula is C23H25N3O4. The molecule has 1 aliphatic heterocycles. The smallest absolute Gasteiger partial charge is 0.240 e. The number of nitriles is 1. The van der Waals surface area contributed by atoms with Crippen molar-refractivity contribution in [1.82, 2.24) is 4.90 Å². The molecule has 1 aliphatic rings. The Morgan fingerprint density at radius 3 is 2.50 bits per heavy atom. The molecule has 2 aromatic rings. The van der Waals surface area contributed by atoms with Crippen molar-refractivity contribution in [3.63, 3.8) is 0 Å². The molecule has 7 heteroatoms. The van der Waals surface area contributed by atoms with Crippen LogP contribution in [0.25, 0.3) is 0 Å². The molecule has 0 fully saturated rings. The molecule has 3 atom stereocenters. The number of benzene rings is 2. The maximum absolute atomic E-state index is 12.8. The van der Waals surface area contributed by atoms with Crippen LogP contribution in [0.4, 0.5) is 0 Å². The van der Waals surface area contributed by atoms with Crippen LogP contribution in [0.15, 0.2) is 48.5 Å². The second-order valence-electron chi connectivity index (χ2n) is 7.99. The van der Waals surface area contributed by atoms with E-state index in [9.17, 15) is 20.0 Å². The summed E-state index contributed by atoms with van der Waals surface area (Å²) in [6.45, 7) is 4.76. The summed E-state index contributed by atoms with van der Waals surface area (Å²) in [6, 6.07) is 14.2. The number of amides is 2. The SMILES string of the molecule is CC(=O)N([C@H](Cc1ccccc1)C(N)=O)[C@H]1c2cc(C#N)ccc2OC(C)(C)[C@H]1O. The van der Waals surface area contributed by atoms with E-state index in [2.05, 4.69) is 6.07 Å². The Morgan fingerprint density at radius 2 is 1.93 bits per heavy atom. The third kappa shape index (κ3) is 4.00. The van der Waals surface area contributed by atoms with E-state index in [1.165, 1.54) is 11.8 Å². The molecule has 3 N–H and O–H groups in total. The van der Waals surface area contributed by atoms with Crippen LogP contribution in [-0.4, -0.2) is 39.6 Å². The number of carbonyl (C=O) groups excluding carboxylic acids is 2. The summed E-state index contributed by atoms with van der Waals surface area (Å²) in [5.41, 5.74) is 6.35. The van der Waals surface area contributed by atoms with Gasteiger partial charge in [0.1, 0.15) is 23.5 Å². The van der Waals surface area contributed by atoms with Crippen LogP contribution >= 0.6 is 0 Å². The van der Waals surface area contributed by atoms with Crippen LogP contribution in [0.5, 0.6) is 5.75 Å². The van der Waals surface area contributed by atoms with Crippen molar-refractivity contribution in [3.8, 4) is 11.8 Å². The van der Waals surface area contributed by atoms with Crippen molar-refractivity contribution < 1.29 is 19.4 Å². The second kappa shape index (κ2) is 8.17. The van der Waals surface area contributed by atoms with E-state index in [0.717, 1.165) is 5.56 Å². The summed E-state index contributed by atoms with van der Waals surface area (Å²) in [7, 11) is 0. The van der Waals surface area contributed by atoms with E-state index in [-0.39, 0.29) is 6.42 Å². The predicted octanol–water partition coefficient (Wildman–Crippen LogP) is 2.08. The van der Waals surface area contributed by atoms with Gasteiger partial charge >= 0.3 is 0 Å². The van der Waals surface area contributed by atoms with Crippen LogP contribution in [0, 0.1) is 11.3 Å². The van der Waals surface area contributed by atoms with E-state index >= 15 is 0 Å². The van der Waals surface area contributed by atoms with Crippen molar-refractivity contribution in [2.45, 2.75) is 51.0 Å². The van der Waals surface area contributed by atoms with Crippen LogP contribution in [0.3, 0.4) is 0 Å². The van der Waals surface area contributed by atoms with Crippen LogP contribution in [0.2, 0.25) is 0 Å². The van der Waals surface area contributed by atoms with Crippen molar-refractivity contribution in [2.24, 2.45) is 5.73 Å². The molecule has 0 saturated heterocycles. The van der Waals surface area contributed by atoms with Crippen LogP contribution < -0.4 is 10.5 Å². The number of rotatable bonds is 5. The topological polar surface area (TPSA) is 117 Å². The van der Waals surface area contributed by atoms with Gasteiger partial charge in [-0.1, -0.05) is 30.3 Å². The fourth-order valence-electron chi connectivity index (χ4n) is 3.92. The number of fused-ring (bicyclic) bond motifs is 1. The molecule has 0 bridgehead atoms. The molecule has 1 heterocycles. The quantitative estimate of drug-likeness (QED) is 0.787. The first kappa shape index (κ1) is 21.3. The van der Waals surface area contributed by atoms with Gasteiger partial charge in [0.05, 0.1) is 17.7 Å². The number of aliphatic hydroxyl groups excluding tert-OH is 1. The van der Waals surface area contributed by atoms with Crippen molar-refractivity contribution in [2.75, 3.05) is 0 Å². The third-order valence-corrected chi connectivity index (χ3v) is 5.44. The standard InChI is InChI=1S/C23H25N3O4/c1-14(27)26(18(22(25)29)12-15-7-5-4-6-8-15)20-17-11-16(13-24)9-10-19(17)30-23(2,3)21(20)28/h4-11,18,20-21,28H,12H2,1-3H3,(H2,25,29)/t18-,20+,21+/m1/s1. The molecule has 3 rings (SSSR count). The largest absolute Gasteiger partial charge is 0.485 e. The van der Waals surface area contributed by atoms with E-state index < -0.39 is 35.6 Å². The van der Waals surface area contributed by atoms with Crippen molar-refractivity contribution >= 4 is 11.8 Å². The zero-order valence-corrected chi connectivity index (χ0v) is 17.2. The number of carbonyl (C=O) groups is 2. The Bertz CT molecular complexity index is 997. The summed E-state index contributed by atoms with van der Waals surface area (Å²) in [6.07, 6.45) is -0.950. The highest BCUT2D eigenvalue weighted by molar-refractivity contribution is 5.86. The van der Waals surface area contributed by atoms with Gasteiger partial charge in [-0.15, -0.1) is 0 Å². The molecule has 30 heavy (non-hydrogen) atoms. The maximum Gasteiger partial charge on any atom is 0.240 e. The van der Waals surface area contributed by atoms with Gasteiger partial charge in [0.15, 0.2) is 0 Å². The third-order valence-electron chi connectivity index (χ3n) is 5.44. The van der Waals surface area contributed by atoms with Crippen LogP contribution in [0.1, 0.15) is 43.5 Å². The first-order valence-corrected chi connectivity index (χ1v) is 9.69. The molecule has 0 radical (unpaired) electrons. The molecular weight excluding hydrogens is 382 g/mol. The molecule has 0 aliphatic carbocycles. The van der Waals surface area contributed by atoms with E-state index in [1.54, 1.807) is 32.0 Å². The number of hydrogen-bond acceptors (Lipinski definition) is 5. The number of hydrogen-bond donors (Lipinski definition) is 2. The minimum atomic E-state index is -1.15. The molecule has 0 aromatic heterocycles. The van der Waals surface area contributed by atoms with Crippen molar-refractivity contribution in [3.05, 3.63) is 65.2 Å². The Morgan fingerprint density at radius 1 is 1.27 bits per heavy atom. The van der Waals surface area contributed by atoms with Crippen LogP contribution in [-0.2, 0) is 16.0 Å². The first-order chi connectivity index (χ1) is 14.2. The minimum Gasteiger partial charge on any atom is -0.485 e. The second-order valence-corrected chi connectivity index (χ2v) is 7.99. The number of ether oxygens (including phenoxy) is 1. The molecule has 0 saturated carbocycles. The summed E-state index contributed by atoms with van der Waals surface area (Å²) in [4.78, 5) is 26.6. The normalized spacial score (nSPS) is 20.2. The minimum absolute atomic E-state index is 0.202. The average molecular weight is 407 g/mol. The van der Waals surface area contributed by atoms with E-state index in [4.69, 9.17) is 10.5 Å². The van der Waals surface area contributed by atoms with E-state index in [0.29, 0.717) is 16.9 Å². The lowest BCUT2D eigenvalue weighted by molar-refractivity contribution is -0.152. The highest BCUT2D eigenvalue weighted by Gasteiger charge is 2.48. The highest BCUT2D eigenvalue weighted by Crippen LogP contribution is 2.44. The number of nitrogens with two attached hydrogens (primary N) is 1. The zero-order valence-electron chi connectivity index (χ0n) is 17.2. The maximum atomic E-state index is 12.8. The number of primary amides is 1. The Labute approximate surface area is 175 Å². The number of aliphatic hydroxyl groups is 1. The van der Waals surface area contributed by atoms with Gasteiger partial charge in [-0.05, 0) is 37.6 Å². The van der Waals surface area contributed by atoms with Gasteiger partial charge in [0.2, 0.25) is 11.8 Å². The van der Waals surface area contributed by atoms with Gasteiger partial charge in [-0.3, -0.25) is 9.59 Å². The van der Waals surface area contributed by atoms with E-state index in [1.807, 2.05) is 30.3 Å². The fourth-order valence-corrected chi connectivity index (χ4v) is 3.92. The lowest BCUT2D eigenvalue weighted by Gasteiger charge is -2.47. The zero-order chi connectivity index (χ0) is 22.1. The lowest BCUT2D eigenvalue weighted by atomic mass is 9.83. The van der Waals surface area contributed by atoms with Gasteiger partial charge in [-0.2, -0.15) is 5.26 Å². The number of nitrogens with zero attached hydrogens (tertiary/aromatic N) is 2. The monoisotopic (exact) mass is 407 g/mol.